The molecular formula is C13H17FN2S. The summed E-state index contributed by atoms with van der Waals surface area (Å²) in [5.74, 6) is 0.432. The van der Waals surface area contributed by atoms with Crippen molar-refractivity contribution in [3.05, 3.63) is 29.6 Å². The molecule has 2 N–H and O–H groups in total. The molecule has 1 fully saturated rings. The van der Waals surface area contributed by atoms with Gasteiger partial charge in [-0.05, 0) is 30.5 Å². The zero-order chi connectivity index (χ0) is 12.4. The summed E-state index contributed by atoms with van der Waals surface area (Å²) in [6.45, 7) is 4.21. The van der Waals surface area contributed by atoms with E-state index in [2.05, 4.69) is 11.8 Å². The van der Waals surface area contributed by atoms with Gasteiger partial charge < -0.3 is 10.6 Å². The molecule has 1 atom stereocenters. The lowest BCUT2D eigenvalue weighted by molar-refractivity contribution is 0.569. The maximum Gasteiger partial charge on any atom is 0.124 e. The van der Waals surface area contributed by atoms with E-state index in [0.29, 0.717) is 5.56 Å². The molecule has 0 radical (unpaired) electrons. The molecule has 2 nitrogen and oxygen atoms in total. The van der Waals surface area contributed by atoms with Crippen LogP contribution in [0.15, 0.2) is 18.2 Å². The largest absolute Gasteiger partial charge is 0.389 e. The fraction of sp³-hybridized carbons (Fsp3) is 0.462. The van der Waals surface area contributed by atoms with Gasteiger partial charge in [-0.25, -0.2) is 4.39 Å². The number of anilines is 1. The first-order valence-electron chi connectivity index (χ1n) is 5.96. The summed E-state index contributed by atoms with van der Waals surface area (Å²) in [6.07, 6.45) is 2.37. The summed E-state index contributed by atoms with van der Waals surface area (Å²) in [6, 6.07) is 4.68. The van der Waals surface area contributed by atoms with Crippen LogP contribution >= 0.6 is 12.2 Å². The molecule has 1 aliphatic rings. The third-order valence-corrected chi connectivity index (χ3v) is 3.65. The van der Waals surface area contributed by atoms with E-state index < -0.39 is 0 Å². The maximum absolute atomic E-state index is 13.2. The fourth-order valence-electron chi connectivity index (χ4n) is 2.37. The molecule has 0 bridgehead atoms. The molecule has 1 aliphatic heterocycles. The second-order valence-electron chi connectivity index (χ2n) is 4.53. The minimum Gasteiger partial charge on any atom is -0.389 e. The minimum atomic E-state index is -0.289. The molecule has 92 valence electrons. The van der Waals surface area contributed by atoms with E-state index in [-0.39, 0.29) is 10.8 Å². The number of benzene rings is 1. The lowest BCUT2D eigenvalue weighted by Gasteiger charge is -2.21. The first-order chi connectivity index (χ1) is 8.11. The predicted molar refractivity (Wildman–Crippen MR) is 72.9 cm³/mol. The average Bonchev–Trinajstić information content (AvgIpc) is 2.77. The van der Waals surface area contributed by atoms with Crippen molar-refractivity contribution in [1.29, 1.82) is 0 Å². The standard InChI is InChI=1S/C13H17FN2S/c1-2-9-5-6-16(8-9)12-4-3-10(14)7-11(12)13(15)17/h3-4,7,9H,2,5-6,8H2,1H3,(H2,15,17). The number of hydrogen-bond acceptors (Lipinski definition) is 2. The Morgan fingerprint density at radius 3 is 2.94 bits per heavy atom. The van der Waals surface area contributed by atoms with Crippen LogP contribution in [0.5, 0.6) is 0 Å². The Kier molecular flexibility index (Phi) is 3.62. The van der Waals surface area contributed by atoms with Crippen LogP contribution in [0.2, 0.25) is 0 Å². The zero-order valence-corrected chi connectivity index (χ0v) is 10.8. The van der Waals surface area contributed by atoms with E-state index in [1.165, 1.54) is 25.0 Å². The van der Waals surface area contributed by atoms with Gasteiger partial charge in [0.25, 0.3) is 0 Å². The van der Waals surface area contributed by atoms with Gasteiger partial charge >= 0.3 is 0 Å². The van der Waals surface area contributed by atoms with Crippen LogP contribution in [0, 0.1) is 11.7 Å². The van der Waals surface area contributed by atoms with E-state index in [0.717, 1.165) is 24.7 Å². The third kappa shape index (κ3) is 2.57. The summed E-state index contributed by atoms with van der Waals surface area (Å²) in [7, 11) is 0. The van der Waals surface area contributed by atoms with Gasteiger partial charge in [-0.2, -0.15) is 0 Å². The topological polar surface area (TPSA) is 29.3 Å². The van der Waals surface area contributed by atoms with Crippen LogP contribution < -0.4 is 10.6 Å². The van der Waals surface area contributed by atoms with Crippen LogP contribution in [-0.2, 0) is 0 Å². The van der Waals surface area contributed by atoms with E-state index in [1.54, 1.807) is 6.07 Å². The molecule has 0 aromatic heterocycles. The van der Waals surface area contributed by atoms with E-state index >= 15 is 0 Å². The van der Waals surface area contributed by atoms with E-state index in [1.807, 2.05) is 0 Å². The highest BCUT2D eigenvalue weighted by Gasteiger charge is 2.23. The van der Waals surface area contributed by atoms with Crippen molar-refractivity contribution in [2.75, 3.05) is 18.0 Å². The smallest absolute Gasteiger partial charge is 0.124 e. The molecular weight excluding hydrogens is 235 g/mol. The Morgan fingerprint density at radius 2 is 2.35 bits per heavy atom. The molecule has 0 aliphatic carbocycles. The van der Waals surface area contributed by atoms with Crippen LogP contribution in [0.4, 0.5) is 10.1 Å². The number of halogens is 1. The van der Waals surface area contributed by atoms with Gasteiger partial charge in [-0.1, -0.05) is 25.6 Å². The molecule has 0 saturated carbocycles. The monoisotopic (exact) mass is 252 g/mol. The summed E-state index contributed by atoms with van der Waals surface area (Å²) in [5.41, 5.74) is 7.27. The summed E-state index contributed by atoms with van der Waals surface area (Å²) in [5, 5.41) is 0. The van der Waals surface area contributed by atoms with Crippen molar-refractivity contribution in [1.82, 2.24) is 0 Å². The third-order valence-electron chi connectivity index (χ3n) is 3.43. The van der Waals surface area contributed by atoms with Gasteiger partial charge in [0, 0.05) is 24.3 Å². The Hall–Kier alpha value is -1.16. The molecule has 2 rings (SSSR count). The van der Waals surface area contributed by atoms with Gasteiger partial charge in [-0.15, -0.1) is 0 Å². The molecule has 1 saturated heterocycles. The fourth-order valence-corrected chi connectivity index (χ4v) is 2.53. The van der Waals surface area contributed by atoms with E-state index in [9.17, 15) is 4.39 Å². The highest BCUT2D eigenvalue weighted by atomic mass is 32.1. The number of hydrogen-bond donors (Lipinski definition) is 1. The normalized spacial score (nSPS) is 19.6. The second-order valence-corrected chi connectivity index (χ2v) is 4.97. The second kappa shape index (κ2) is 5.00. The minimum absolute atomic E-state index is 0.263. The molecule has 1 unspecified atom stereocenters. The van der Waals surface area contributed by atoms with Crippen molar-refractivity contribution < 1.29 is 4.39 Å². The first-order valence-corrected chi connectivity index (χ1v) is 6.37. The van der Waals surface area contributed by atoms with Crippen LogP contribution in [0.25, 0.3) is 0 Å². The molecule has 4 heteroatoms. The van der Waals surface area contributed by atoms with Gasteiger partial charge in [0.2, 0.25) is 0 Å². The number of nitrogens with zero attached hydrogens (tertiary/aromatic N) is 1. The average molecular weight is 252 g/mol. The Morgan fingerprint density at radius 1 is 1.59 bits per heavy atom. The number of nitrogens with two attached hydrogens (primary N) is 1. The van der Waals surface area contributed by atoms with Crippen molar-refractivity contribution in [3.8, 4) is 0 Å². The Balaban J connectivity index is 2.29. The van der Waals surface area contributed by atoms with Gasteiger partial charge in [0.1, 0.15) is 10.8 Å². The van der Waals surface area contributed by atoms with Gasteiger partial charge in [0.15, 0.2) is 0 Å². The molecule has 1 aromatic carbocycles. The first kappa shape index (κ1) is 12.3. The highest BCUT2D eigenvalue weighted by Crippen LogP contribution is 2.28. The van der Waals surface area contributed by atoms with Gasteiger partial charge in [-0.3, -0.25) is 0 Å². The predicted octanol–water partition coefficient (Wildman–Crippen LogP) is 2.70. The summed E-state index contributed by atoms with van der Waals surface area (Å²) in [4.78, 5) is 2.52. The van der Waals surface area contributed by atoms with Crippen molar-refractivity contribution in [2.24, 2.45) is 11.7 Å². The molecule has 0 amide bonds. The van der Waals surface area contributed by atoms with E-state index in [4.69, 9.17) is 18.0 Å². The molecule has 1 heterocycles. The molecule has 0 spiro atoms. The van der Waals surface area contributed by atoms with Crippen molar-refractivity contribution in [2.45, 2.75) is 19.8 Å². The maximum atomic E-state index is 13.2. The van der Waals surface area contributed by atoms with Crippen LogP contribution in [0.1, 0.15) is 25.3 Å². The summed E-state index contributed by atoms with van der Waals surface area (Å²) < 4.78 is 13.2. The van der Waals surface area contributed by atoms with Crippen molar-refractivity contribution in [3.63, 3.8) is 0 Å². The SMILES string of the molecule is CCC1CCN(c2ccc(F)cc2C(N)=S)C1. The number of rotatable bonds is 3. The highest BCUT2D eigenvalue weighted by molar-refractivity contribution is 7.80. The lowest BCUT2D eigenvalue weighted by atomic mass is 10.1. The Labute approximate surface area is 107 Å². The molecule has 1 aromatic rings. The van der Waals surface area contributed by atoms with Crippen LogP contribution in [-0.4, -0.2) is 18.1 Å². The number of thiocarbonyl (C=S) groups is 1. The quantitative estimate of drug-likeness (QED) is 0.839. The van der Waals surface area contributed by atoms with Crippen LogP contribution in [0.3, 0.4) is 0 Å². The zero-order valence-electron chi connectivity index (χ0n) is 9.95. The van der Waals surface area contributed by atoms with Crippen molar-refractivity contribution >= 4 is 22.9 Å². The summed E-state index contributed by atoms with van der Waals surface area (Å²) >= 11 is 4.99. The Bertz CT molecular complexity index is 433. The van der Waals surface area contributed by atoms with Gasteiger partial charge in [0.05, 0.1) is 0 Å². The lowest BCUT2D eigenvalue weighted by Crippen LogP contribution is -2.23. The molecule has 17 heavy (non-hydrogen) atoms.